The predicted octanol–water partition coefficient (Wildman–Crippen LogP) is 5.25. The lowest BCUT2D eigenvalue weighted by Gasteiger charge is -2.15. The van der Waals surface area contributed by atoms with Gasteiger partial charge in [0.15, 0.2) is 0 Å². The minimum Gasteiger partial charge on any atom is -0.380 e. The third kappa shape index (κ3) is 3.85. The molecular formula is C14H9ClF5N. The molecule has 21 heavy (non-hydrogen) atoms. The Balaban J connectivity index is 2.26. The molecule has 7 heteroatoms. The average molecular weight is 322 g/mol. The van der Waals surface area contributed by atoms with Gasteiger partial charge < -0.3 is 5.32 Å². The van der Waals surface area contributed by atoms with Crippen LogP contribution in [0.15, 0.2) is 36.4 Å². The molecule has 1 N–H and O–H groups in total. The summed E-state index contributed by atoms with van der Waals surface area (Å²) in [5, 5.41) is 2.38. The highest BCUT2D eigenvalue weighted by Gasteiger charge is 2.33. The van der Waals surface area contributed by atoms with Gasteiger partial charge in [0.25, 0.3) is 0 Å². The second kappa shape index (κ2) is 5.89. The van der Waals surface area contributed by atoms with Crippen molar-refractivity contribution in [2.24, 2.45) is 0 Å². The molecule has 0 aromatic heterocycles. The van der Waals surface area contributed by atoms with E-state index in [-0.39, 0.29) is 22.8 Å². The Morgan fingerprint density at radius 3 is 2.38 bits per heavy atom. The first-order valence-electron chi connectivity index (χ1n) is 5.82. The van der Waals surface area contributed by atoms with Gasteiger partial charge in [-0.1, -0.05) is 11.6 Å². The van der Waals surface area contributed by atoms with Crippen LogP contribution in [0.25, 0.3) is 0 Å². The van der Waals surface area contributed by atoms with Crippen molar-refractivity contribution in [3.8, 4) is 0 Å². The molecule has 2 aromatic carbocycles. The van der Waals surface area contributed by atoms with Gasteiger partial charge in [-0.15, -0.1) is 0 Å². The van der Waals surface area contributed by atoms with Crippen molar-refractivity contribution in [1.82, 2.24) is 0 Å². The first-order valence-corrected chi connectivity index (χ1v) is 6.20. The summed E-state index contributed by atoms with van der Waals surface area (Å²) in [5.41, 5.74) is -1.29. The van der Waals surface area contributed by atoms with Crippen LogP contribution < -0.4 is 5.32 Å². The molecule has 2 rings (SSSR count). The maximum Gasteiger partial charge on any atom is 0.418 e. The lowest BCUT2D eigenvalue weighted by Crippen LogP contribution is -2.11. The topological polar surface area (TPSA) is 12.0 Å². The van der Waals surface area contributed by atoms with Crippen LogP contribution in [0.2, 0.25) is 5.02 Å². The standard InChI is InChI=1S/C14H9ClF5N/c15-9-1-4-13(11(6-9)14(18,19)20)21-7-8-5-10(16)2-3-12(8)17/h1-6,21H,7H2. The molecule has 0 bridgehead atoms. The third-order valence-corrected chi connectivity index (χ3v) is 3.00. The third-order valence-electron chi connectivity index (χ3n) is 2.76. The van der Waals surface area contributed by atoms with Gasteiger partial charge in [0.05, 0.1) is 5.56 Å². The van der Waals surface area contributed by atoms with Crippen LogP contribution in [0, 0.1) is 11.6 Å². The quantitative estimate of drug-likeness (QED) is 0.761. The van der Waals surface area contributed by atoms with Gasteiger partial charge in [-0.2, -0.15) is 13.2 Å². The molecule has 0 unspecified atom stereocenters. The summed E-state index contributed by atoms with van der Waals surface area (Å²) in [6, 6.07) is 5.96. The summed E-state index contributed by atoms with van der Waals surface area (Å²) in [6.07, 6.45) is -4.60. The molecule has 0 fully saturated rings. The van der Waals surface area contributed by atoms with E-state index in [1.54, 1.807) is 0 Å². The van der Waals surface area contributed by atoms with Crippen LogP contribution >= 0.6 is 11.6 Å². The van der Waals surface area contributed by atoms with Gasteiger partial charge in [-0.3, -0.25) is 0 Å². The fraction of sp³-hybridized carbons (Fsp3) is 0.143. The van der Waals surface area contributed by atoms with Gasteiger partial charge in [-0.05, 0) is 36.4 Å². The number of nitrogens with one attached hydrogen (secondary N) is 1. The van der Waals surface area contributed by atoms with Crippen LogP contribution in [-0.4, -0.2) is 0 Å². The Kier molecular flexibility index (Phi) is 4.37. The number of hydrogen-bond donors (Lipinski definition) is 1. The second-order valence-corrected chi connectivity index (χ2v) is 4.71. The summed E-state index contributed by atoms with van der Waals surface area (Å²) in [5.74, 6) is -1.37. The van der Waals surface area contributed by atoms with E-state index < -0.39 is 23.4 Å². The Hall–Kier alpha value is -1.82. The van der Waals surface area contributed by atoms with Crippen LogP contribution in [0.5, 0.6) is 0 Å². The zero-order valence-corrected chi connectivity index (χ0v) is 11.2. The van der Waals surface area contributed by atoms with E-state index in [9.17, 15) is 22.0 Å². The molecule has 1 nitrogen and oxygen atoms in total. The first-order chi connectivity index (χ1) is 9.77. The van der Waals surface area contributed by atoms with Crippen molar-refractivity contribution in [1.29, 1.82) is 0 Å². The smallest absolute Gasteiger partial charge is 0.380 e. The van der Waals surface area contributed by atoms with Gasteiger partial charge in [0, 0.05) is 22.8 Å². The van der Waals surface area contributed by atoms with E-state index in [1.165, 1.54) is 6.07 Å². The molecule has 0 aliphatic heterocycles. The number of benzene rings is 2. The lowest BCUT2D eigenvalue weighted by atomic mass is 10.1. The molecule has 0 amide bonds. The van der Waals surface area contributed by atoms with Crippen molar-refractivity contribution in [2.45, 2.75) is 12.7 Å². The van der Waals surface area contributed by atoms with Gasteiger partial charge in [-0.25, -0.2) is 8.78 Å². The van der Waals surface area contributed by atoms with Crippen molar-refractivity contribution < 1.29 is 22.0 Å². The lowest BCUT2D eigenvalue weighted by molar-refractivity contribution is -0.136. The number of halogens is 6. The molecular weight excluding hydrogens is 313 g/mol. The molecule has 112 valence electrons. The summed E-state index contributed by atoms with van der Waals surface area (Å²) in [6.45, 7) is -0.283. The highest BCUT2D eigenvalue weighted by molar-refractivity contribution is 6.30. The summed E-state index contributed by atoms with van der Waals surface area (Å²) in [4.78, 5) is 0. The zero-order valence-electron chi connectivity index (χ0n) is 10.4. The molecule has 2 aromatic rings. The maximum atomic E-state index is 13.4. The molecule has 0 saturated heterocycles. The Labute approximate surface area is 122 Å². The molecule has 0 spiro atoms. The largest absolute Gasteiger partial charge is 0.418 e. The van der Waals surface area contributed by atoms with E-state index in [4.69, 9.17) is 11.6 Å². The fourth-order valence-electron chi connectivity index (χ4n) is 1.77. The second-order valence-electron chi connectivity index (χ2n) is 4.28. The molecule has 0 aliphatic rings. The van der Waals surface area contributed by atoms with E-state index in [1.807, 2.05) is 0 Å². The Bertz CT molecular complexity index is 654. The number of rotatable bonds is 3. The Morgan fingerprint density at radius 1 is 1.00 bits per heavy atom. The SMILES string of the molecule is Fc1ccc(F)c(CNc2ccc(Cl)cc2C(F)(F)F)c1. The van der Waals surface area contributed by atoms with Gasteiger partial charge >= 0.3 is 6.18 Å². The minimum atomic E-state index is -4.60. The average Bonchev–Trinajstić information content (AvgIpc) is 2.40. The molecule has 0 radical (unpaired) electrons. The van der Waals surface area contributed by atoms with Crippen LogP contribution in [0.3, 0.4) is 0 Å². The van der Waals surface area contributed by atoms with Crippen molar-refractivity contribution in [3.63, 3.8) is 0 Å². The normalized spacial score (nSPS) is 11.5. The van der Waals surface area contributed by atoms with E-state index in [0.717, 1.165) is 30.3 Å². The van der Waals surface area contributed by atoms with Gasteiger partial charge in [0.2, 0.25) is 0 Å². The maximum absolute atomic E-state index is 13.4. The number of hydrogen-bond acceptors (Lipinski definition) is 1. The molecule has 0 heterocycles. The van der Waals surface area contributed by atoms with Gasteiger partial charge in [0.1, 0.15) is 11.6 Å². The monoisotopic (exact) mass is 321 g/mol. The van der Waals surface area contributed by atoms with E-state index in [2.05, 4.69) is 5.32 Å². The first kappa shape index (κ1) is 15.6. The highest BCUT2D eigenvalue weighted by atomic mass is 35.5. The zero-order chi connectivity index (χ0) is 15.6. The molecule has 0 aliphatic carbocycles. The van der Waals surface area contributed by atoms with Crippen molar-refractivity contribution in [2.75, 3.05) is 5.32 Å². The molecule has 0 atom stereocenters. The van der Waals surface area contributed by atoms with E-state index in [0.29, 0.717) is 0 Å². The number of anilines is 1. The molecule has 0 saturated carbocycles. The highest BCUT2D eigenvalue weighted by Crippen LogP contribution is 2.36. The summed E-state index contributed by atoms with van der Waals surface area (Å²) >= 11 is 5.55. The van der Waals surface area contributed by atoms with Crippen LogP contribution in [0.1, 0.15) is 11.1 Å². The van der Waals surface area contributed by atoms with E-state index >= 15 is 0 Å². The predicted molar refractivity (Wildman–Crippen MR) is 70.1 cm³/mol. The minimum absolute atomic E-state index is 0.0650. The van der Waals surface area contributed by atoms with Crippen molar-refractivity contribution >= 4 is 17.3 Å². The number of alkyl halides is 3. The Morgan fingerprint density at radius 2 is 1.71 bits per heavy atom. The summed E-state index contributed by atoms with van der Waals surface area (Å²) < 4.78 is 65.0. The summed E-state index contributed by atoms with van der Waals surface area (Å²) in [7, 11) is 0. The fourth-order valence-corrected chi connectivity index (χ4v) is 1.95. The van der Waals surface area contributed by atoms with Crippen molar-refractivity contribution in [3.05, 3.63) is 64.2 Å². The van der Waals surface area contributed by atoms with Crippen LogP contribution in [0.4, 0.5) is 27.6 Å². The van der Waals surface area contributed by atoms with Crippen LogP contribution in [-0.2, 0) is 12.7 Å².